The maximum Gasteiger partial charge on any atom is 0.322 e. The first kappa shape index (κ1) is 47.3. The van der Waals surface area contributed by atoms with Crippen molar-refractivity contribution in [3.63, 3.8) is 0 Å². The highest BCUT2D eigenvalue weighted by atomic mass is 35.5. The molecule has 0 saturated carbocycles. The van der Waals surface area contributed by atoms with Gasteiger partial charge in [-0.05, 0) is 122 Å². The van der Waals surface area contributed by atoms with Crippen LogP contribution in [0, 0.1) is 0 Å². The van der Waals surface area contributed by atoms with Gasteiger partial charge >= 0.3 is 23.9 Å². The number of benzene rings is 3. The number of carbonyl (C=O) groups is 3. The van der Waals surface area contributed by atoms with Crippen LogP contribution in [0.3, 0.4) is 0 Å². The van der Waals surface area contributed by atoms with Crippen molar-refractivity contribution in [1.29, 1.82) is 0 Å². The molecule has 0 unspecified atom stereocenters. The number of esters is 3. The largest absolute Gasteiger partial charge is 0.489 e. The minimum Gasteiger partial charge on any atom is -0.489 e. The predicted octanol–water partition coefficient (Wildman–Crippen LogP) is 9.78. The summed E-state index contributed by atoms with van der Waals surface area (Å²) in [5, 5.41) is 3.15. The van der Waals surface area contributed by atoms with Crippen molar-refractivity contribution in [1.82, 2.24) is 15.0 Å². The molecule has 0 atom stereocenters. The molecule has 0 amide bonds. The van der Waals surface area contributed by atoms with Crippen LogP contribution in [-0.4, -0.2) is 55.2 Å². The van der Waals surface area contributed by atoms with Gasteiger partial charge in [0.25, 0.3) is 0 Å². The molecule has 1 N–H and O–H groups in total. The van der Waals surface area contributed by atoms with Crippen molar-refractivity contribution in [3.8, 4) is 17.5 Å². The van der Waals surface area contributed by atoms with E-state index < -0.39 is 40.2 Å². The number of rotatable bonds is 20. The second kappa shape index (κ2) is 21.2. The molecule has 0 spiro atoms. The lowest BCUT2D eigenvalue weighted by Gasteiger charge is -2.35. The van der Waals surface area contributed by atoms with E-state index in [1.165, 1.54) is 0 Å². The molecule has 324 valence electrons. The Morgan fingerprint density at radius 2 is 0.933 bits per heavy atom. The predicted molar refractivity (Wildman–Crippen MR) is 229 cm³/mol. The van der Waals surface area contributed by atoms with E-state index in [-0.39, 0.29) is 62.4 Å². The lowest BCUT2D eigenvalue weighted by atomic mass is 9.83. The molecule has 0 aliphatic carbocycles. The van der Waals surface area contributed by atoms with Crippen LogP contribution >= 0.6 is 11.6 Å². The first-order valence-electron chi connectivity index (χ1n) is 20.1. The molecular formula is C46H59ClN4O9. The highest BCUT2D eigenvalue weighted by Crippen LogP contribution is 2.32. The zero-order valence-corrected chi connectivity index (χ0v) is 37.0. The van der Waals surface area contributed by atoms with Gasteiger partial charge in [0.05, 0.1) is 0 Å². The van der Waals surface area contributed by atoms with Crippen LogP contribution in [0.25, 0.3) is 0 Å². The third-order valence-corrected chi connectivity index (χ3v) is 8.62. The summed E-state index contributed by atoms with van der Waals surface area (Å²) in [4.78, 5) is 52.3. The number of aromatic nitrogens is 3. The van der Waals surface area contributed by atoms with Crippen LogP contribution < -0.4 is 19.5 Å². The lowest BCUT2D eigenvalue weighted by molar-refractivity contribution is -0.155. The molecule has 0 bridgehead atoms. The van der Waals surface area contributed by atoms with E-state index in [0.717, 1.165) is 11.1 Å². The Bertz CT molecular complexity index is 1870. The molecule has 1 heterocycles. The number of nitrogens with one attached hydrogen (secondary N) is 1. The van der Waals surface area contributed by atoms with Gasteiger partial charge in [0.1, 0.15) is 48.1 Å². The van der Waals surface area contributed by atoms with E-state index in [1.54, 1.807) is 62.3 Å². The average molecular weight is 847 g/mol. The highest BCUT2D eigenvalue weighted by molar-refractivity contribution is 6.28. The molecule has 0 radical (unpaired) electrons. The standard InChI is InChI=1S/C46H59ClN4O9/c1-43(2,3)58-37(52)20-23-46(24-21-38(53)59-44(4,5)6,25-22-39(54)60-45(7,8)9)51-41-48-40(47)49-42(50-41)57-31-34-26-35(55-29-32-16-12-10-13-17-32)28-36(27-34)56-30-33-18-14-11-15-19-33/h10-19,26-28H,20-25,29-31H2,1-9H3,(H,48,49,50,51). The molecule has 4 aromatic rings. The van der Waals surface area contributed by atoms with Crippen molar-refractivity contribution in [2.24, 2.45) is 0 Å². The molecular weight excluding hydrogens is 788 g/mol. The Morgan fingerprint density at radius 1 is 0.533 bits per heavy atom. The van der Waals surface area contributed by atoms with Crippen LogP contribution in [0.4, 0.5) is 5.95 Å². The smallest absolute Gasteiger partial charge is 0.322 e. The fourth-order valence-corrected chi connectivity index (χ4v) is 6.12. The SMILES string of the molecule is CC(C)(C)OC(=O)CCC(CCC(=O)OC(C)(C)C)(CCC(=O)OC(C)(C)C)Nc1nc(Cl)nc(OCc2cc(OCc3ccccc3)cc(OCc3ccccc3)c2)n1. The minimum absolute atomic E-state index is 0.00505. The quantitative estimate of drug-likeness (QED) is 0.0663. The second-order valence-electron chi connectivity index (χ2n) is 17.5. The van der Waals surface area contributed by atoms with Crippen molar-refractivity contribution < 1.29 is 42.8 Å². The fourth-order valence-electron chi connectivity index (χ4n) is 5.96. The number of halogens is 1. The topological polar surface area (TPSA) is 157 Å². The molecule has 4 rings (SSSR count). The van der Waals surface area contributed by atoms with Gasteiger partial charge in [-0.2, -0.15) is 15.0 Å². The lowest BCUT2D eigenvalue weighted by Crippen LogP contribution is -2.42. The summed E-state index contributed by atoms with van der Waals surface area (Å²) >= 11 is 6.47. The van der Waals surface area contributed by atoms with E-state index >= 15 is 0 Å². The monoisotopic (exact) mass is 846 g/mol. The molecule has 0 saturated heterocycles. The molecule has 13 nitrogen and oxygen atoms in total. The van der Waals surface area contributed by atoms with Gasteiger partial charge in [0, 0.05) is 30.9 Å². The Kier molecular flexibility index (Phi) is 16.7. The molecule has 0 aliphatic heterocycles. The number of nitrogens with zero attached hydrogens (tertiary/aromatic N) is 3. The Labute approximate surface area is 358 Å². The van der Waals surface area contributed by atoms with Gasteiger partial charge in [0.2, 0.25) is 11.2 Å². The summed E-state index contributed by atoms with van der Waals surface area (Å²) in [6, 6.07) is 25.0. The first-order chi connectivity index (χ1) is 28.1. The van der Waals surface area contributed by atoms with Crippen LogP contribution in [-0.2, 0) is 48.4 Å². The summed E-state index contributed by atoms with van der Waals surface area (Å²) in [6.45, 7) is 16.7. The number of hydrogen-bond acceptors (Lipinski definition) is 13. The highest BCUT2D eigenvalue weighted by Gasteiger charge is 2.35. The zero-order valence-electron chi connectivity index (χ0n) is 36.3. The first-order valence-corrected chi connectivity index (χ1v) is 20.5. The maximum atomic E-state index is 13.1. The van der Waals surface area contributed by atoms with Gasteiger partial charge < -0.3 is 33.7 Å². The Morgan fingerprint density at radius 3 is 1.33 bits per heavy atom. The second-order valence-corrected chi connectivity index (χ2v) is 17.9. The number of anilines is 1. The molecule has 60 heavy (non-hydrogen) atoms. The molecule has 3 aromatic carbocycles. The van der Waals surface area contributed by atoms with Gasteiger partial charge in [-0.25, -0.2) is 0 Å². The van der Waals surface area contributed by atoms with E-state index in [0.29, 0.717) is 30.3 Å². The number of carbonyl (C=O) groups excluding carboxylic acids is 3. The number of ether oxygens (including phenoxy) is 6. The summed E-state index contributed by atoms with van der Waals surface area (Å²) in [5.41, 5.74) is -0.586. The van der Waals surface area contributed by atoms with E-state index in [4.69, 9.17) is 40.0 Å². The summed E-state index contributed by atoms with van der Waals surface area (Å²) in [6.07, 6.45) is 0.253. The van der Waals surface area contributed by atoms with Gasteiger partial charge in [-0.1, -0.05) is 60.7 Å². The van der Waals surface area contributed by atoms with Crippen LogP contribution in [0.1, 0.15) is 118 Å². The summed E-state index contributed by atoms with van der Waals surface area (Å²) in [5.74, 6) is -0.212. The third kappa shape index (κ3) is 18.2. The van der Waals surface area contributed by atoms with Gasteiger partial charge in [0.15, 0.2) is 0 Å². The molecule has 14 heteroatoms. The average Bonchev–Trinajstić information content (AvgIpc) is 3.15. The Balaban J connectivity index is 1.62. The third-order valence-electron chi connectivity index (χ3n) is 8.45. The maximum absolute atomic E-state index is 13.1. The zero-order chi connectivity index (χ0) is 44.0. The number of hydrogen-bond donors (Lipinski definition) is 1. The Hall–Kier alpha value is -5.43. The van der Waals surface area contributed by atoms with E-state index in [1.807, 2.05) is 78.9 Å². The molecule has 1 aromatic heterocycles. The van der Waals surface area contributed by atoms with E-state index in [2.05, 4.69) is 20.3 Å². The van der Waals surface area contributed by atoms with Crippen molar-refractivity contribution in [2.75, 3.05) is 5.32 Å². The van der Waals surface area contributed by atoms with Crippen molar-refractivity contribution >= 4 is 35.5 Å². The normalized spacial score (nSPS) is 12.0. The van der Waals surface area contributed by atoms with E-state index in [9.17, 15) is 14.4 Å². The van der Waals surface area contributed by atoms with Crippen LogP contribution in [0.15, 0.2) is 78.9 Å². The molecule has 0 fully saturated rings. The summed E-state index contributed by atoms with van der Waals surface area (Å²) < 4.78 is 35.3. The fraction of sp³-hybridized carbons (Fsp3) is 0.478. The van der Waals surface area contributed by atoms with Gasteiger partial charge in [-0.3, -0.25) is 14.4 Å². The van der Waals surface area contributed by atoms with Gasteiger partial charge in [-0.15, -0.1) is 0 Å². The van der Waals surface area contributed by atoms with Crippen LogP contribution in [0.5, 0.6) is 17.5 Å². The van der Waals surface area contributed by atoms with Crippen molar-refractivity contribution in [3.05, 3.63) is 101 Å². The minimum atomic E-state index is -1.12. The van der Waals surface area contributed by atoms with Crippen molar-refractivity contribution in [2.45, 2.75) is 143 Å². The molecule has 0 aliphatic rings. The summed E-state index contributed by atoms with van der Waals surface area (Å²) in [7, 11) is 0. The van der Waals surface area contributed by atoms with Crippen LogP contribution in [0.2, 0.25) is 5.28 Å².